The smallest absolute Gasteiger partial charge is 0.343 e. The average Bonchev–Trinajstić information content (AvgIpc) is 2.55. The summed E-state index contributed by atoms with van der Waals surface area (Å²) in [4.78, 5) is 23.1. The molecule has 0 heterocycles. The van der Waals surface area contributed by atoms with Gasteiger partial charge in [0.05, 0.1) is 5.56 Å². The van der Waals surface area contributed by atoms with Gasteiger partial charge in [0, 0.05) is 18.9 Å². The summed E-state index contributed by atoms with van der Waals surface area (Å²) in [6, 6.07) is 8.79. The first-order chi connectivity index (χ1) is 8.25. The van der Waals surface area contributed by atoms with Crippen molar-refractivity contribution in [3.05, 3.63) is 47.7 Å². The zero-order valence-corrected chi connectivity index (χ0v) is 9.52. The highest BCUT2D eigenvalue weighted by atomic mass is 16.5. The molecule has 0 amide bonds. The Morgan fingerprint density at radius 2 is 1.76 bits per heavy atom. The minimum Gasteiger partial charge on any atom is -0.427 e. The Balaban J connectivity index is 2.06. The predicted octanol–water partition coefficient (Wildman–Crippen LogP) is 2.87. The van der Waals surface area contributed by atoms with Crippen LogP contribution in [-0.2, 0) is 9.53 Å². The molecule has 0 spiro atoms. The van der Waals surface area contributed by atoms with Gasteiger partial charge in [-0.05, 0) is 25.0 Å². The number of carbonyl (C=O) groups is 2. The van der Waals surface area contributed by atoms with E-state index in [0.717, 1.165) is 12.8 Å². The van der Waals surface area contributed by atoms with E-state index < -0.39 is 5.97 Å². The molecular weight excluding hydrogens is 216 g/mol. The van der Waals surface area contributed by atoms with Crippen LogP contribution in [0.3, 0.4) is 0 Å². The normalized spacial score (nSPS) is 16.0. The van der Waals surface area contributed by atoms with Crippen LogP contribution in [0, 0.1) is 0 Å². The van der Waals surface area contributed by atoms with Crippen molar-refractivity contribution in [3.63, 3.8) is 0 Å². The monoisotopic (exact) mass is 230 g/mol. The summed E-state index contributed by atoms with van der Waals surface area (Å²) < 4.78 is 5.23. The van der Waals surface area contributed by atoms with Crippen molar-refractivity contribution in [1.82, 2.24) is 0 Å². The first kappa shape index (κ1) is 11.6. The molecule has 17 heavy (non-hydrogen) atoms. The van der Waals surface area contributed by atoms with Crippen LogP contribution in [0.5, 0.6) is 0 Å². The summed E-state index contributed by atoms with van der Waals surface area (Å²) in [7, 11) is 0. The summed E-state index contributed by atoms with van der Waals surface area (Å²) >= 11 is 0. The van der Waals surface area contributed by atoms with E-state index in [1.165, 1.54) is 6.08 Å². The molecule has 2 rings (SSSR count). The molecule has 0 saturated heterocycles. The van der Waals surface area contributed by atoms with Crippen LogP contribution >= 0.6 is 0 Å². The molecule has 0 saturated carbocycles. The van der Waals surface area contributed by atoms with Crippen LogP contribution in [-0.4, -0.2) is 11.8 Å². The van der Waals surface area contributed by atoms with Gasteiger partial charge < -0.3 is 4.74 Å². The fraction of sp³-hybridized carbons (Fsp3) is 0.286. The quantitative estimate of drug-likeness (QED) is 0.734. The maximum absolute atomic E-state index is 11.8. The second kappa shape index (κ2) is 5.43. The van der Waals surface area contributed by atoms with Crippen molar-refractivity contribution >= 4 is 11.8 Å². The van der Waals surface area contributed by atoms with Crippen LogP contribution in [0.15, 0.2) is 42.2 Å². The summed E-state index contributed by atoms with van der Waals surface area (Å²) in [5.74, 6) is 0.131. The second-order valence-electron chi connectivity index (χ2n) is 4.04. The highest BCUT2D eigenvalue weighted by Crippen LogP contribution is 2.17. The molecule has 0 bridgehead atoms. The van der Waals surface area contributed by atoms with E-state index in [1.807, 2.05) is 6.07 Å². The molecule has 1 aliphatic rings. The van der Waals surface area contributed by atoms with Crippen molar-refractivity contribution in [3.8, 4) is 0 Å². The number of rotatable bonds is 2. The Labute approximate surface area is 100 Å². The van der Waals surface area contributed by atoms with Crippen LogP contribution in [0.2, 0.25) is 0 Å². The fourth-order valence-corrected chi connectivity index (χ4v) is 1.76. The molecule has 0 fully saturated rings. The van der Waals surface area contributed by atoms with Gasteiger partial charge in [-0.15, -0.1) is 0 Å². The zero-order chi connectivity index (χ0) is 12.1. The first-order valence-electron chi connectivity index (χ1n) is 5.76. The summed E-state index contributed by atoms with van der Waals surface area (Å²) in [5.41, 5.74) is 0.505. The van der Waals surface area contributed by atoms with E-state index in [2.05, 4.69) is 0 Å². The molecule has 88 valence electrons. The molecule has 1 aromatic carbocycles. The molecule has 0 aliphatic heterocycles. The SMILES string of the molecule is O=C1C=C(OC(=O)c2ccccc2)CCCC1. The lowest BCUT2D eigenvalue weighted by Crippen LogP contribution is -2.05. The number of esters is 1. The van der Waals surface area contributed by atoms with E-state index in [9.17, 15) is 9.59 Å². The summed E-state index contributed by atoms with van der Waals surface area (Å²) in [6.45, 7) is 0. The lowest BCUT2D eigenvalue weighted by Gasteiger charge is -2.06. The standard InChI is InChI=1S/C14H14O3/c15-12-8-4-5-9-13(10-12)17-14(16)11-6-2-1-3-7-11/h1-3,6-7,10H,4-5,8-9H2. The van der Waals surface area contributed by atoms with E-state index in [1.54, 1.807) is 24.3 Å². The molecule has 0 radical (unpaired) electrons. The lowest BCUT2D eigenvalue weighted by atomic mass is 10.2. The number of allylic oxidation sites excluding steroid dienone is 2. The van der Waals surface area contributed by atoms with Crippen LogP contribution in [0.25, 0.3) is 0 Å². The number of hydrogen-bond acceptors (Lipinski definition) is 3. The number of ether oxygens (including phenoxy) is 1. The van der Waals surface area contributed by atoms with E-state index in [4.69, 9.17) is 4.74 Å². The highest BCUT2D eigenvalue weighted by Gasteiger charge is 2.14. The number of hydrogen-bond donors (Lipinski definition) is 0. The molecule has 1 aliphatic carbocycles. The van der Waals surface area contributed by atoms with Crippen LogP contribution in [0.1, 0.15) is 36.0 Å². The van der Waals surface area contributed by atoms with Gasteiger partial charge in [0.1, 0.15) is 5.76 Å². The van der Waals surface area contributed by atoms with Crippen molar-refractivity contribution in [2.75, 3.05) is 0 Å². The molecule has 0 aromatic heterocycles. The summed E-state index contributed by atoms with van der Waals surface area (Å²) in [5, 5.41) is 0. The average molecular weight is 230 g/mol. The number of carbonyl (C=O) groups excluding carboxylic acids is 2. The molecular formula is C14H14O3. The second-order valence-corrected chi connectivity index (χ2v) is 4.04. The van der Waals surface area contributed by atoms with Crippen LogP contribution in [0.4, 0.5) is 0 Å². The van der Waals surface area contributed by atoms with Crippen molar-refractivity contribution in [2.24, 2.45) is 0 Å². The van der Waals surface area contributed by atoms with Gasteiger partial charge >= 0.3 is 5.97 Å². The number of benzene rings is 1. The topological polar surface area (TPSA) is 43.4 Å². The Hall–Kier alpha value is -1.90. The largest absolute Gasteiger partial charge is 0.427 e. The van der Waals surface area contributed by atoms with Gasteiger partial charge in [-0.1, -0.05) is 18.2 Å². The molecule has 0 N–H and O–H groups in total. The third kappa shape index (κ3) is 3.28. The third-order valence-electron chi connectivity index (χ3n) is 2.65. The van der Waals surface area contributed by atoms with Crippen molar-refractivity contribution in [1.29, 1.82) is 0 Å². The minimum absolute atomic E-state index is 0.0401. The Morgan fingerprint density at radius 1 is 1.06 bits per heavy atom. The maximum atomic E-state index is 11.8. The predicted molar refractivity (Wildman–Crippen MR) is 63.4 cm³/mol. The Kier molecular flexibility index (Phi) is 3.70. The first-order valence-corrected chi connectivity index (χ1v) is 5.76. The maximum Gasteiger partial charge on any atom is 0.343 e. The molecule has 3 heteroatoms. The van der Waals surface area contributed by atoms with Gasteiger partial charge in [0.2, 0.25) is 0 Å². The van der Waals surface area contributed by atoms with Gasteiger partial charge in [-0.3, -0.25) is 4.79 Å². The Bertz CT molecular complexity index is 446. The third-order valence-corrected chi connectivity index (χ3v) is 2.65. The molecule has 1 aromatic rings. The van der Waals surface area contributed by atoms with E-state index in [-0.39, 0.29) is 5.78 Å². The number of ketones is 1. The Morgan fingerprint density at radius 3 is 2.53 bits per heavy atom. The zero-order valence-electron chi connectivity index (χ0n) is 9.52. The van der Waals surface area contributed by atoms with Gasteiger partial charge in [0.25, 0.3) is 0 Å². The van der Waals surface area contributed by atoms with Crippen LogP contribution < -0.4 is 0 Å². The fourth-order valence-electron chi connectivity index (χ4n) is 1.76. The molecule has 0 unspecified atom stereocenters. The van der Waals surface area contributed by atoms with E-state index >= 15 is 0 Å². The lowest BCUT2D eigenvalue weighted by molar-refractivity contribution is -0.114. The van der Waals surface area contributed by atoms with Crippen molar-refractivity contribution < 1.29 is 14.3 Å². The summed E-state index contributed by atoms with van der Waals surface area (Å²) in [6.07, 6.45) is 4.41. The van der Waals surface area contributed by atoms with Gasteiger partial charge in [-0.2, -0.15) is 0 Å². The highest BCUT2D eigenvalue weighted by molar-refractivity contribution is 5.93. The van der Waals surface area contributed by atoms with Crippen molar-refractivity contribution in [2.45, 2.75) is 25.7 Å². The minimum atomic E-state index is -0.397. The van der Waals surface area contributed by atoms with Gasteiger partial charge in [-0.25, -0.2) is 4.79 Å². The molecule has 0 atom stereocenters. The van der Waals surface area contributed by atoms with Gasteiger partial charge in [0.15, 0.2) is 5.78 Å². The molecule has 3 nitrogen and oxygen atoms in total. The van der Waals surface area contributed by atoms with E-state index in [0.29, 0.717) is 24.2 Å².